The number of benzene rings is 1. The molecule has 1 aliphatic carbocycles. The maximum Gasteiger partial charge on any atom is 0.325 e. The Bertz CT molecular complexity index is 851. The molecule has 2 aliphatic rings. The first-order chi connectivity index (χ1) is 13.7. The van der Waals surface area contributed by atoms with Crippen molar-refractivity contribution in [2.45, 2.75) is 57.6 Å². The number of nitrogens with one attached hydrogen (secondary N) is 2. The SMILES string of the molecule is Cc1ccc(NC(=O)[C@@H](C)OC(=O)CCN2C(=O)NC3(CCCC3)C2=O)cc1F. The molecule has 0 radical (unpaired) electrons. The number of halogens is 1. The molecule has 1 aromatic carbocycles. The number of esters is 1. The molecule has 1 heterocycles. The van der Waals surface area contributed by atoms with Crippen LogP contribution < -0.4 is 10.6 Å². The summed E-state index contributed by atoms with van der Waals surface area (Å²) in [6.07, 6.45) is 1.63. The number of anilines is 1. The third kappa shape index (κ3) is 4.38. The molecule has 3 rings (SSSR count). The second-order valence-electron chi connectivity index (χ2n) is 7.51. The van der Waals surface area contributed by atoms with Crippen molar-refractivity contribution in [3.05, 3.63) is 29.6 Å². The molecule has 2 fully saturated rings. The van der Waals surface area contributed by atoms with Crippen LogP contribution in [0, 0.1) is 12.7 Å². The quantitative estimate of drug-likeness (QED) is 0.558. The van der Waals surface area contributed by atoms with Crippen molar-refractivity contribution in [2.24, 2.45) is 0 Å². The number of rotatable bonds is 6. The Hall–Kier alpha value is -2.97. The van der Waals surface area contributed by atoms with Gasteiger partial charge in [0.1, 0.15) is 11.4 Å². The fourth-order valence-electron chi connectivity index (χ4n) is 3.62. The largest absolute Gasteiger partial charge is 0.452 e. The second-order valence-corrected chi connectivity index (χ2v) is 7.51. The van der Waals surface area contributed by atoms with E-state index in [0.717, 1.165) is 17.7 Å². The number of hydrogen-bond donors (Lipinski definition) is 2. The number of imide groups is 1. The van der Waals surface area contributed by atoms with Crippen molar-refractivity contribution in [1.82, 2.24) is 10.2 Å². The van der Waals surface area contributed by atoms with E-state index in [9.17, 15) is 23.6 Å². The highest BCUT2D eigenvalue weighted by Gasteiger charge is 2.52. The summed E-state index contributed by atoms with van der Waals surface area (Å²) in [5, 5.41) is 5.21. The zero-order valence-electron chi connectivity index (χ0n) is 16.4. The third-order valence-electron chi connectivity index (χ3n) is 5.36. The zero-order valence-corrected chi connectivity index (χ0v) is 16.4. The highest BCUT2D eigenvalue weighted by atomic mass is 19.1. The van der Waals surface area contributed by atoms with Gasteiger partial charge >= 0.3 is 12.0 Å². The van der Waals surface area contributed by atoms with Crippen LogP contribution in [0.5, 0.6) is 0 Å². The Morgan fingerprint density at radius 1 is 1.31 bits per heavy atom. The Labute approximate surface area is 167 Å². The molecule has 4 amide bonds. The van der Waals surface area contributed by atoms with Gasteiger partial charge in [-0.15, -0.1) is 0 Å². The number of nitrogens with zero attached hydrogens (tertiary/aromatic N) is 1. The molecule has 0 unspecified atom stereocenters. The minimum Gasteiger partial charge on any atom is -0.452 e. The number of ether oxygens (including phenoxy) is 1. The molecule has 8 nitrogen and oxygen atoms in total. The van der Waals surface area contributed by atoms with Gasteiger partial charge < -0.3 is 15.4 Å². The molecule has 0 bridgehead atoms. The predicted octanol–water partition coefficient (Wildman–Crippen LogP) is 2.26. The van der Waals surface area contributed by atoms with Gasteiger partial charge in [0.15, 0.2) is 6.10 Å². The van der Waals surface area contributed by atoms with Gasteiger partial charge in [0, 0.05) is 12.2 Å². The topological polar surface area (TPSA) is 105 Å². The summed E-state index contributed by atoms with van der Waals surface area (Å²) in [7, 11) is 0. The molecule has 1 atom stereocenters. The van der Waals surface area contributed by atoms with Crippen molar-refractivity contribution < 1.29 is 28.3 Å². The Kier molecular flexibility index (Phi) is 5.86. The molecule has 1 aromatic rings. The molecule has 1 spiro atoms. The Balaban J connectivity index is 1.48. The van der Waals surface area contributed by atoms with Gasteiger partial charge in [-0.25, -0.2) is 9.18 Å². The van der Waals surface area contributed by atoms with Crippen LogP contribution in [0.25, 0.3) is 0 Å². The predicted molar refractivity (Wildman–Crippen MR) is 101 cm³/mol. The van der Waals surface area contributed by atoms with E-state index in [4.69, 9.17) is 4.74 Å². The second kappa shape index (κ2) is 8.18. The lowest BCUT2D eigenvalue weighted by Crippen LogP contribution is -2.44. The van der Waals surface area contributed by atoms with E-state index in [0.29, 0.717) is 18.4 Å². The first-order valence-electron chi connectivity index (χ1n) is 9.62. The molecule has 9 heteroatoms. The molecule has 2 N–H and O–H groups in total. The van der Waals surface area contributed by atoms with Crippen molar-refractivity contribution >= 4 is 29.5 Å². The zero-order chi connectivity index (χ0) is 21.2. The number of hydrogen-bond acceptors (Lipinski definition) is 5. The van der Waals surface area contributed by atoms with Gasteiger partial charge in [0.05, 0.1) is 6.42 Å². The van der Waals surface area contributed by atoms with Gasteiger partial charge in [0.25, 0.3) is 11.8 Å². The monoisotopic (exact) mass is 405 g/mol. The first-order valence-corrected chi connectivity index (χ1v) is 9.62. The summed E-state index contributed by atoms with van der Waals surface area (Å²) >= 11 is 0. The summed E-state index contributed by atoms with van der Waals surface area (Å²) in [6.45, 7) is 2.88. The van der Waals surface area contributed by atoms with E-state index >= 15 is 0 Å². The summed E-state index contributed by atoms with van der Waals surface area (Å²) in [6, 6.07) is 3.74. The molecule has 29 heavy (non-hydrogen) atoms. The van der Waals surface area contributed by atoms with Gasteiger partial charge in [-0.3, -0.25) is 19.3 Å². The summed E-state index contributed by atoms with van der Waals surface area (Å²) in [5.74, 6) is -2.08. The number of urea groups is 1. The average Bonchev–Trinajstić information content (AvgIpc) is 3.22. The third-order valence-corrected chi connectivity index (χ3v) is 5.36. The van der Waals surface area contributed by atoms with Crippen molar-refractivity contribution in [3.63, 3.8) is 0 Å². The molecular weight excluding hydrogens is 381 g/mol. The standard InChI is InChI=1S/C20H24FN3O5/c1-12-5-6-14(11-15(12)21)22-17(26)13(2)29-16(25)7-10-24-18(27)20(23-19(24)28)8-3-4-9-20/h5-6,11,13H,3-4,7-10H2,1-2H3,(H,22,26)(H,23,28)/t13-/m1/s1. The average molecular weight is 405 g/mol. The van der Waals surface area contributed by atoms with Crippen LogP contribution in [0.1, 0.15) is 44.6 Å². The minimum atomic E-state index is -1.11. The van der Waals surface area contributed by atoms with Crippen LogP contribution in [0.15, 0.2) is 18.2 Å². The minimum absolute atomic E-state index is 0.108. The molecular formula is C20H24FN3O5. The van der Waals surface area contributed by atoms with E-state index in [1.165, 1.54) is 19.1 Å². The van der Waals surface area contributed by atoms with Crippen LogP contribution in [0.4, 0.5) is 14.9 Å². The van der Waals surface area contributed by atoms with Gasteiger partial charge in [-0.1, -0.05) is 18.9 Å². The Morgan fingerprint density at radius 2 is 2.00 bits per heavy atom. The lowest BCUT2D eigenvalue weighted by Gasteiger charge is -2.20. The number of amides is 4. The van der Waals surface area contributed by atoms with Crippen LogP contribution in [0.3, 0.4) is 0 Å². The molecule has 156 valence electrons. The molecule has 1 aliphatic heterocycles. The maximum absolute atomic E-state index is 13.6. The number of carbonyl (C=O) groups excluding carboxylic acids is 4. The smallest absolute Gasteiger partial charge is 0.325 e. The van der Waals surface area contributed by atoms with Crippen molar-refractivity contribution in [1.29, 1.82) is 0 Å². The van der Waals surface area contributed by atoms with Gasteiger partial charge in [-0.2, -0.15) is 0 Å². The lowest BCUT2D eigenvalue weighted by molar-refractivity contribution is -0.153. The summed E-state index contributed by atoms with van der Waals surface area (Å²) in [4.78, 5) is 49.9. The fourth-order valence-corrected chi connectivity index (χ4v) is 3.62. The molecule has 1 saturated carbocycles. The fraction of sp³-hybridized carbons (Fsp3) is 0.500. The van der Waals surface area contributed by atoms with Crippen LogP contribution in [-0.4, -0.2) is 46.9 Å². The van der Waals surface area contributed by atoms with Crippen molar-refractivity contribution in [2.75, 3.05) is 11.9 Å². The van der Waals surface area contributed by atoms with E-state index in [-0.39, 0.29) is 24.6 Å². The van der Waals surface area contributed by atoms with E-state index in [1.54, 1.807) is 13.0 Å². The highest BCUT2D eigenvalue weighted by molar-refractivity contribution is 6.07. The number of carbonyl (C=O) groups is 4. The van der Waals surface area contributed by atoms with Crippen molar-refractivity contribution in [3.8, 4) is 0 Å². The van der Waals surface area contributed by atoms with E-state index in [2.05, 4.69) is 10.6 Å². The summed E-state index contributed by atoms with van der Waals surface area (Å²) < 4.78 is 18.6. The van der Waals surface area contributed by atoms with Crippen LogP contribution in [0.2, 0.25) is 0 Å². The van der Waals surface area contributed by atoms with Gasteiger partial charge in [0.2, 0.25) is 0 Å². The first kappa shape index (κ1) is 20.8. The number of aryl methyl sites for hydroxylation is 1. The molecule has 1 saturated heterocycles. The maximum atomic E-state index is 13.6. The Morgan fingerprint density at radius 3 is 2.66 bits per heavy atom. The van der Waals surface area contributed by atoms with E-state index < -0.39 is 35.4 Å². The highest BCUT2D eigenvalue weighted by Crippen LogP contribution is 2.35. The van der Waals surface area contributed by atoms with Crippen LogP contribution in [-0.2, 0) is 19.1 Å². The molecule has 0 aromatic heterocycles. The van der Waals surface area contributed by atoms with Crippen LogP contribution >= 0.6 is 0 Å². The lowest BCUT2D eigenvalue weighted by atomic mass is 9.98. The summed E-state index contributed by atoms with van der Waals surface area (Å²) in [5.41, 5.74) is -0.123. The van der Waals surface area contributed by atoms with Gasteiger partial charge in [-0.05, 0) is 44.4 Å². The normalized spacial score (nSPS) is 18.7. The van der Waals surface area contributed by atoms with E-state index in [1.807, 2.05) is 0 Å².